The second-order valence-corrected chi connectivity index (χ2v) is 5.27. The van der Waals surface area contributed by atoms with Crippen molar-refractivity contribution in [3.8, 4) is 0 Å². The highest BCUT2D eigenvalue weighted by Gasteiger charge is 2.23. The molecule has 0 heterocycles. The zero-order valence-electron chi connectivity index (χ0n) is 10.9. The average molecular weight is 248 g/mol. The van der Waals surface area contributed by atoms with Crippen molar-refractivity contribution >= 4 is 5.69 Å². The topological polar surface area (TPSA) is 58.3 Å². The number of anilines is 1. The van der Waals surface area contributed by atoms with E-state index in [-0.39, 0.29) is 0 Å². The van der Waals surface area contributed by atoms with Crippen molar-refractivity contribution in [1.29, 1.82) is 0 Å². The minimum Gasteiger partial charge on any atom is -0.396 e. The molecule has 2 rings (SSSR count). The van der Waals surface area contributed by atoms with E-state index < -0.39 is 0 Å². The number of nitrogens with one attached hydrogen (secondary N) is 1. The van der Waals surface area contributed by atoms with Crippen LogP contribution >= 0.6 is 0 Å². The van der Waals surface area contributed by atoms with Crippen LogP contribution in [0.15, 0.2) is 24.3 Å². The predicted octanol–water partition coefficient (Wildman–Crippen LogP) is 2.36. The van der Waals surface area contributed by atoms with Crippen LogP contribution in [0, 0.1) is 11.8 Å². The maximum absolute atomic E-state index is 9.39. The normalized spacial score (nSPS) is 23.9. The molecule has 1 aromatic carbocycles. The summed E-state index contributed by atoms with van der Waals surface area (Å²) in [5.41, 5.74) is 7.89. The molecular weight excluding hydrogens is 224 g/mol. The van der Waals surface area contributed by atoms with E-state index in [1.54, 1.807) is 0 Å². The Morgan fingerprint density at radius 1 is 1.11 bits per heavy atom. The number of benzene rings is 1. The van der Waals surface area contributed by atoms with Crippen molar-refractivity contribution in [3.05, 3.63) is 29.8 Å². The van der Waals surface area contributed by atoms with Gasteiger partial charge in [-0.15, -0.1) is 0 Å². The number of hydrogen-bond acceptors (Lipinski definition) is 3. The van der Waals surface area contributed by atoms with Gasteiger partial charge in [0.25, 0.3) is 0 Å². The van der Waals surface area contributed by atoms with Crippen molar-refractivity contribution in [2.45, 2.75) is 32.2 Å². The molecule has 2 atom stereocenters. The van der Waals surface area contributed by atoms with Crippen LogP contribution in [0.5, 0.6) is 0 Å². The monoisotopic (exact) mass is 248 g/mol. The van der Waals surface area contributed by atoms with E-state index in [9.17, 15) is 5.11 Å². The maximum Gasteiger partial charge on any atom is 0.0462 e. The van der Waals surface area contributed by atoms with Crippen LogP contribution in [0.3, 0.4) is 0 Å². The van der Waals surface area contributed by atoms with Crippen LogP contribution in [-0.2, 0) is 6.54 Å². The lowest BCUT2D eigenvalue weighted by atomic mass is 9.79. The Labute approximate surface area is 109 Å². The predicted molar refractivity (Wildman–Crippen MR) is 75.4 cm³/mol. The van der Waals surface area contributed by atoms with Crippen LogP contribution < -0.4 is 11.1 Å². The fourth-order valence-corrected chi connectivity index (χ4v) is 2.80. The van der Waals surface area contributed by atoms with Gasteiger partial charge in [0, 0.05) is 25.4 Å². The Bertz CT molecular complexity index is 350. The molecule has 0 saturated heterocycles. The Morgan fingerprint density at radius 2 is 1.78 bits per heavy atom. The summed E-state index contributed by atoms with van der Waals surface area (Å²) in [6, 6.07) is 8.29. The molecule has 1 aromatic rings. The lowest BCUT2D eigenvalue weighted by Crippen LogP contribution is -2.28. The summed E-state index contributed by atoms with van der Waals surface area (Å²) in [5, 5.41) is 12.9. The zero-order valence-corrected chi connectivity index (χ0v) is 10.9. The van der Waals surface area contributed by atoms with Gasteiger partial charge < -0.3 is 16.2 Å². The first kappa shape index (κ1) is 13.4. The Kier molecular flexibility index (Phi) is 5.02. The Balaban J connectivity index is 1.85. The highest BCUT2D eigenvalue weighted by molar-refractivity contribution is 5.44. The van der Waals surface area contributed by atoms with Crippen LogP contribution in [0.1, 0.15) is 31.2 Å². The lowest BCUT2D eigenvalue weighted by molar-refractivity contribution is 0.141. The van der Waals surface area contributed by atoms with E-state index in [1.165, 1.54) is 25.7 Å². The molecule has 3 heteroatoms. The minimum absolute atomic E-state index is 0.332. The molecule has 100 valence electrons. The van der Waals surface area contributed by atoms with Gasteiger partial charge in [0.05, 0.1) is 0 Å². The Morgan fingerprint density at radius 3 is 2.39 bits per heavy atom. The first-order valence-electron chi connectivity index (χ1n) is 6.97. The summed E-state index contributed by atoms with van der Waals surface area (Å²) in [7, 11) is 0. The van der Waals surface area contributed by atoms with Gasteiger partial charge in [-0.3, -0.25) is 0 Å². The van der Waals surface area contributed by atoms with Crippen LogP contribution in [0.2, 0.25) is 0 Å². The van der Waals surface area contributed by atoms with Gasteiger partial charge in [0.1, 0.15) is 0 Å². The Hall–Kier alpha value is -1.06. The molecule has 18 heavy (non-hydrogen) atoms. The molecule has 0 aliphatic heterocycles. The first-order valence-corrected chi connectivity index (χ1v) is 6.97. The van der Waals surface area contributed by atoms with Gasteiger partial charge in [-0.25, -0.2) is 0 Å². The smallest absolute Gasteiger partial charge is 0.0462 e. The largest absolute Gasteiger partial charge is 0.396 e. The fraction of sp³-hybridized carbons (Fsp3) is 0.600. The fourth-order valence-electron chi connectivity index (χ4n) is 2.80. The molecule has 3 nitrogen and oxygen atoms in total. The summed E-state index contributed by atoms with van der Waals surface area (Å²) < 4.78 is 0. The molecule has 2 unspecified atom stereocenters. The van der Waals surface area contributed by atoms with Crippen molar-refractivity contribution in [2.24, 2.45) is 17.6 Å². The molecular formula is C15H24N2O. The van der Waals surface area contributed by atoms with E-state index >= 15 is 0 Å². The maximum atomic E-state index is 9.39. The van der Waals surface area contributed by atoms with Gasteiger partial charge in [-0.05, 0) is 42.4 Å². The number of aliphatic hydroxyl groups excluding tert-OH is 1. The van der Waals surface area contributed by atoms with E-state index in [4.69, 9.17) is 5.73 Å². The molecule has 0 spiro atoms. The van der Waals surface area contributed by atoms with Crippen LogP contribution in [0.25, 0.3) is 0 Å². The second kappa shape index (κ2) is 6.76. The second-order valence-electron chi connectivity index (χ2n) is 5.27. The molecule has 4 N–H and O–H groups in total. The SMILES string of the molecule is NCc1ccc(NCC2CCCCC2CO)cc1. The summed E-state index contributed by atoms with van der Waals surface area (Å²) >= 11 is 0. The van der Waals surface area contributed by atoms with E-state index in [0.717, 1.165) is 17.8 Å². The highest BCUT2D eigenvalue weighted by atomic mass is 16.3. The van der Waals surface area contributed by atoms with E-state index in [0.29, 0.717) is 25.0 Å². The number of nitrogens with two attached hydrogens (primary N) is 1. The number of rotatable bonds is 5. The molecule has 0 bridgehead atoms. The third-order valence-electron chi connectivity index (χ3n) is 4.06. The number of aliphatic hydroxyl groups is 1. The number of hydrogen-bond donors (Lipinski definition) is 3. The van der Waals surface area contributed by atoms with Crippen molar-refractivity contribution in [2.75, 3.05) is 18.5 Å². The molecule has 1 fully saturated rings. The first-order chi connectivity index (χ1) is 8.83. The quantitative estimate of drug-likeness (QED) is 0.749. The average Bonchev–Trinajstić information content (AvgIpc) is 2.46. The standard InChI is InChI=1S/C15H24N2O/c16-9-12-5-7-15(8-6-12)17-10-13-3-1-2-4-14(13)11-18/h5-8,13-14,17-18H,1-4,9-11,16H2. The van der Waals surface area contributed by atoms with E-state index in [2.05, 4.69) is 29.6 Å². The lowest BCUT2D eigenvalue weighted by Gasteiger charge is -2.30. The summed E-state index contributed by atoms with van der Waals surface area (Å²) in [6.07, 6.45) is 4.98. The van der Waals surface area contributed by atoms with Gasteiger partial charge in [0.2, 0.25) is 0 Å². The molecule has 0 aromatic heterocycles. The highest BCUT2D eigenvalue weighted by Crippen LogP contribution is 2.29. The summed E-state index contributed by atoms with van der Waals surface area (Å²) in [4.78, 5) is 0. The minimum atomic E-state index is 0.332. The molecule has 1 aliphatic carbocycles. The van der Waals surface area contributed by atoms with Crippen molar-refractivity contribution < 1.29 is 5.11 Å². The van der Waals surface area contributed by atoms with Gasteiger partial charge in [-0.1, -0.05) is 25.0 Å². The summed E-state index contributed by atoms with van der Waals surface area (Å²) in [6.45, 7) is 1.89. The van der Waals surface area contributed by atoms with Gasteiger partial charge in [-0.2, -0.15) is 0 Å². The molecule has 0 radical (unpaired) electrons. The van der Waals surface area contributed by atoms with Gasteiger partial charge in [0.15, 0.2) is 0 Å². The van der Waals surface area contributed by atoms with Gasteiger partial charge >= 0.3 is 0 Å². The van der Waals surface area contributed by atoms with Crippen molar-refractivity contribution in [1.82, 2.24) is 0 Å². The third kappa shape index (κ3) is 3.47. The van der Waals surface area contributed by atoms with Crippen LogP contribution in [-0.4, -0.2) is 18.3 Å². The molecule has 1 aliphatic rings. The third-order valence-corrected chi connectivity index (χ3v) is 4.06. The van der Waals surface area contributed by atoms with Crippen molar-refractivity contribution in [3.63, 3.8) is 0 Å². The molecule has 1 saturated carbocycles. The van der Waals surface area contributed by atoms with Crippen LogP contribution in [0.4, 0.5) is 5.69 Å². The molecule has 0 amide bonds. The van der Waals surface area contributed by atoms with E-state index in [1.807, 2.05) is 0 Å². The summed E-state index contributed by atoms with van der Waals surface area (Å²) in [5.74, 6) is 1.09. The zero-order chi connectivity index (χ0) is 12.8.